The molecule has 1 spiro atoms. The van der Waals surface area contributed by atoms with Gasteiger partial charge in [-0.05, 0) is 79.3 Å². The molecular formula is C37H24. The minimum absolute atomic E-state index is 0.186. The second kappa shape index (κ2) is 6.66. The van der Waals surface area contributed by atoms with Gasteiger partial charge in [0, 0.05) is 5.41 Å². The van der Waals surface area contributed by atoms with Crippen molar-refractivity contribution in [1.29, 1.82) is 0 Å². The molecule has 0 N–H and O–H groups in total. The molecule has 0 saturated carbocycles. The molecule has 2 atom stereocenters. The number of allylic oxidation sites excluding steroid dienone is 2. The fourth-order valence-electron chi connectivity index (χ4n) is 8.42. The van der Waals surface area contributed by atoms with Gasteiger partial charge < -0.3 is 0 Å². The maximum absolute atomic E-state index is 2.53. The lowest BCUT2D eigenvalue weighted by atomic mass is 9.61. The molecule has 0 fully saturated rings. The SMILES string of the molecule is C1=C2c3ccccc3[C@@]34c5ccccc5C[C@@]23C(=C(c2ccccc2)c2ccccc21)c1ccccc14. The molecule has 5 aromatic carbocycles. The number of benzene rings is 5. The monoisotopic (exact) mass is 468 g/mol. The van der Waals surface area contributed by atoms with E-state index in [2.05, 4.69) is 133 Å². The molecule has 0 aromatic heterocycles. The van der Waals surface area contributed by atoms with Gasteiger partial charge in [-0.3, -0.25) is 0 Å². The van der Waals surface area contributed by atoms with Gasteiger partial charge in [0.15, 0.2) is 0 Å². The zero-order valence-electron chi connectivity index (χ0n) is 20.4. The molecule has 37 heavy (non-hydrogen) atoms. The first-order chi connectivity index (χ1) is 18.4. The average Bonchev–Trinajstić information content (AvgIpc) is 3.44. The van der Waals surface area contributed by atoms with Crippen molar-refractivity contribution in [3.05, 3.63) is 177 Å². The molecule has 5 aromatic rings. The first kappa shape index (κ1) is 19.7. The van der Waals surface area contributed by atoms with Gasteiger partial charge >= 0.3 is 0 Å². The van der Waals surface area contributed by atoms with E-state index in [9.17, 15) is 0 Å². The van der Waals surface area contributed by atoms with Crippen LogP contribution in [0.15, 0.2) is 127 Å². The Morgan fingerprint density at radius 3 is 1.89 bits per heavy atom. The summed E-state index contributed by atoms with van der Waals surface area (Å²) >= 11 is 0. The summed E-state index contributed by atoms with van der Waals surface area (Å²) in [4.78, 5) is 0. The van der Waals surface area contributed by atoms with Crippen LogP contribution in [0.5, 0.6) is 0 Å². The Morgan fingerprint density at radius 2 is 1.08 bits per heavy atom. The van der Waals surface area contributed by atoms with Crippen molar-refractivity contribution in [2.45, 2.75) is 11.8 Å². The molecule has 4 aliphatic rings. The van der Waals surface area contributed by atoms with E-state index in [0.29, 0.717) is 0 Å². The van der Waals surface area contributed by atoms with Gasteiger partial charge in [0.1, 0.15) is 0 Å². The van der Waals surface area contributed by atoms with Gasteiger partial charge in [0.2, 0.25) is 0 Å². The molecule has 0 heteroatoms. The summed E-state index contributed by atoms with van der Waals surface area (Å²) in [5.41, 5.74) is 16.6. The van der Waals surface area contributed by atoms with Crippen molar-refractivity contribution in [1.82, 2.24) is 0 Å². The topological polar surface area (TPSA) is 0 Å². The van der Waals surface area contributed by atoms with Crippen LogP contribution in [0.25, 0.3) is 22.8 Å². The molecule has 0 nitrogen and oxygen atoms in total. The van der Waals surface area contributed by atoms with E-state index in [-0.39, 0.29) is 10.8 Å². The van der Waals surface area contributed by atoms with E-state index >= 15 is 0 Å². The maximum Gasteiger partial charge on any atom is 0.0606 e. The number of rotatable bonds is 1. The Morgan fingerprint density at radius 1 is 0.486 bits per heavy atom. The molecule has 0 radical (unpaired) electrons. The minimum Gasteiger partial charge on any atom is -0.0622 e. The van der Waals surface area contributed by atoms with E-state index in [4.69, 9.17) is 0 Å². The summed E-state index contributed by atoms with van der Waals surface area (Å²) in [6.45, 7) is 0. The molecule has 0 saturated heterocycles. The average molecular weight is 469 g/mol. The van der Waals surface area contributed by atoms with E-state index in [0.717, 1.165) is 6.42 Å². The first-order valence-corrected chi connectivity index (χ1v) is 13.3. The van der Waals surface area contributed by atoms with Crippen LogP contribution in [0.3, 0.4) is 0 Å². The minimum atomic E-state index is -0.222. The summed E-state index contributed by atoms with van der Waals surface area (Å²) in [6.07, 6.45) is 3.54. The summed E-state index contributed by atoms with van der Waals surface area (Å²) in [5.74, 6) is 0. The van der Waals surface area contributed by atoms with Gasteiger partial charge in [0.25, 0.3) is 0 Å². The zero-order chi connectivity index (χ0) is 24.2. The van der Waals surface area contributed by atoms with Crippen molar-refractivity contribution in [2.24, 2.45) is 5.41 Å². The van der Waals surface area contributed by atoms with Crippen molar-refractivity contribution < 1.29 is 0 Å². The maximum atomic E-state index is 2.53. The second-order valence-electron chi connectivity index (χ2n) is 10.8. The van der Waals surface area contributed by atoms with Crippen LogP contribution < -0.4 is 0 Å². The predicted molar refractivity (Wildman–Crippen MR) is 152 cm³/mol. The van der Waals surface area contributed by atoms with Crippen LogP contribution in [-0.4, -0.2) is 0 Å². The van der Waals surface area contributed by atoms with Crippen molar-refractivity contribution in [2.75, 3.05) is 0 Å². The Balaban J connectivity index is 1.59. The van der Waals surface area contributed by atoms with Crippen molar-refractivity contribution >= 4 is 22.8 Å². The van der Waals surface area contributed by atoms with Crippen LogP contribution in [0.4, 0.5) is 0 Å². The Hall–Kier alpha value is -4.42. The summed E-state index contributed by atoms with van der Waals surface area (Å²) in [6, 6.07) is 47.9. The van der Waals surface area contributed by atoms with Crippen LogP contribution in [0, 0.1) is 5.41 Å². The van der Waals surface area contributed by atoms with Gasteiger partial charge in [-0.25, -0.2) is 0 Å². The van der Waals surface area contributed by atoms with Gasteiger partial charge in [0.05, 0.1) is 5.41 Å². The Kier molecular flexibility index (Phi) is 3.55. The normalized spacial score (nSPS) is 23.3. The molecule has 0 heterocycles. The van der Waals surface area contributed by atoms with E-state index in [1.807, 2.05) is 0 Å². The summed E-state index contributed by atoms with van der Waals surface area (Å²) in [7, 11) is 0. The third-order valence-electron chi connectivity index (χ3n) is 9.47. The highest BCUT2D eigenvalue weighted by Crippen LogP contribution is 2.79. The van der Waals surface area contributed by atoms with Crippen LogP contribution in [-0.2, 0) is 11.8 Å². The lowest BCUT2D eigenvalue weighted by Gasteiger charge is -2.39. The predicted octanol–water partition coefficient (Wildman–Crippen LogP) is 8.40. The van der Waals surface area contributed by atoms with Gasteiger partial charge in [-0.15, -0.1) is 0 Å². The van der Waals surface area contributed by atoms with Gasteiger partial charge in [-0.1, -0.05) is 127 Å². The smallest absolute Gasteiger partial charge is 0.0606 e. The third kappa shape index (κ3) is 2.07. The molecule has 0 bridgehead atoms. The van der Waals surface area contributed by atoms with Gasteiger partial charge in [-0.2, -0.15) is 0 Å². The van der Waals surface area contributed by atoms with E-state index < -0.39 is 0 Å². The summed E-state index contributed by atoms with van der Waals surface area (Å²) in [5, 5.41) is 0. The van der Waals surface area contributed by atoms with Crippen LogP contribution in [0.2, 0.25) is 0 Å². The fraction of sp³-hybridized carbons (Fsp3) is 0.0811. The highest BCUT2D eigenvalue weighted by Gasteiger charge is 2.72. The molecule has 4 aliphatic carbocycles. The first-order valence-electron chi connectivity index (χ1n) is 13.3. The number of hydrogen-bond acceptors (Lipinski definition) is 0. The molecule has 172 valence electrons. The second-order valence-corrected chi connectivity index (χ2v) is 10.8. The lowest BCUT2D eigenvalue weighted by Crippen LogP contribution is -2.37. The third-order valence-corrected chi connectivity index (χ3v) is 9.47. The number of hydrogen-bond donors (Lipinski definition) is 0. The van der Waals surface area contributed by atoms with Crippen molar-refractivity contribution in [3.63, 3.8) is 0 Å². The van der Waals surface area contributed by atoms with Crippen LogP contribution >= 0.6 is 0 Å². The zero-order valence-corrected chi connectivity index (χ0v) is 20.4. The number of fused-ring (bicyclic) bond motifs is 6. The Labute approximate surface area is 217 Å². The highest BCUT2D eigenvalue weighted by molar-refractivity contribution is 6.17. The van der Waals surface area contributed by atoms with Crippen LogP contribution in [0.1, 0.15) is 50.1 Å². The van der Waals surface area contributed by atoms with E-state index in [1.54, 1.807) is 0 Å². The summed E-state index contributed by atoms with van der Waals surface area (Å²) < 4.78 is 0. The highest BCUT2D eigenvalue weighted by atomic mass is 14.7. The molecule has 0 amide bonds. The lowest BCUT2D eigenvalue weighted by molar-refractivity contribution is 0.445. The largest absolute Gasteiger partial charge is 0.0622 e. The fourth-order valence-corrected chi connectivity index (χ4v) is 8.42. The van der Waals surface area contributed by atoms with E-state index in [1.165, 1.54) is 66.8 Å². The van der Waals surface area contributed by atoms with Crippen molar-refractivity contribution in [3.8, 4) is 0 Å². The molecule has 0 unspecified atom stereocenters. The molecule has 0 aliphatic heterocycles. The molecule has 9 rings (SSSR count). The standard InChI is InChI=1S/C37H24/c1-2-12-24(13-3-1)34-27-16-6-4-14-25(27)22-33-28-17-7-10-20-31(28)37-30-19-9-5-15-26(30)23-36(33,37)35(34)29-18-8-11-21-32(29)37/h1-22H,23H2/t36-,37+/m0/s1. The Bertz CT molecular complexity index is 1850. The quantitative estimate of drug-likeness (QED) is 0.232. The molecular weight excluding hydrogens is 444 g/mol.